The molecule has 1 amide bonds. The fourth-order valence-electron chi connectivity index (χ4n) is 7.38. The highest BCUT2D eigenvalue weighted by atomic mass is 35.5. The number of nitrogens with one attached hydrogen (secondary N) is 1. The minimum atomic E-state index is -4.68. The molecule has 226 valence electrons. The molecule has 0 spiro atoms. The van der Waals surface area contributed by atoms with Crippen molar-refractivity contribution < 1.29 is 27.5 Å². The lowest BCUT2D eigenvalue weighted by atomic mass is 9.87. The number of carbonyl (C=O) groups is 1. The predicted octanol–water partition coefficient (Wildman–Crippen LogP) is 5.74. The molecule has 2 N–H and O–H groups in total. The molecule has 1 saturated heterocycles. The van der Waals surface area contributed by atoms with Crippen molar-refractivity contribution in [3.05, 3.63) is 64.2 Å². The van der Waals surface area contributed by atoms with Crippen LogP contribution in [0, 0.1) is 17.7 Å². The fourth-order valence-corrected chi connectivity index (χ4v) is 7.56. The lowest BCUT2D eigenvalue weighted by Crippen LogP contribution is -2.33. The maximum absolute atomic E-state index is 14.2. The number of hydrogen-bond acceptors (Lipinski definition) is 5. The van der Waals surface area contributed by atoms with Gasteiger partial charge in [0.15, 0.2) is 5.69 Å². The maximum Gasteiger partial charge on any atom is 0.435 e. The Labute approximate surface area is 245 Å². The third-order valence-electron chi connectivity index (χ3n) is 9.26. The van der Waals surface area contributed by atoms with Gasteiger partial charge in [-0.25, -0.2) is 9.37 Å². The number of aromatic nitrogens is 4. The normalized spacial score (nSPS) is 28.3. The van der Waals surface area contributed by atoms with Crippen molar-refractivity contribution in [2.75, 3.05) is 25.5 Å². The van der Waals surface area contributed by atoms with Gasteiger partial charge < -0.3 is 19.9 Å². The van der Waals surface area contributed by atoms with Gasteiger partial charge in [-0.2, -0.15) is 18.3 Å². The minimum Gasteiger partial charge on any atom is -0.385 e. The Morgan fingerprint density at radius 1 is 1.19 bits per heavy atom. The van der Waals surface area contributed by atoms with Crippen molar-refractivity contribution in [2.24, 2.45) is 18.9 Å². The van der Waals surface area contributed by atoms with Crippen LogP contribution in [0.1, 0.15) is 77.9 Å². The third-order valence-corrected chi connectivity index (χ3v) is 9.55. The van der Waals surface area contributed by atoms with Gasteiger partial charge in [0.25, 0.3) is 5.91 Å². The number of benzene rings is 1. The molecule has 3 fully saturated rings. The summed E-state index contributed by atoms with van der Waals surface area (Å²) in [6, 6.07) is 3.74. The standard InChI is InChI=1S/C29H33ClF4N6O2/c1-38-7-3-4-20(13-38)40-14-21(26(37-40)29(32,33)34)28(42)11-17-8-16(9-18(17)12-28)24-25(39(2)15-35-24)27(41)36-19-5-6-23(31)22(30)10-19/h5-6,10,14-18,20,42H,3-4,7-9,11-13H2,1-2H3,(H,36,41). The minimum absolute atomic E-state index is 0.0286. The van der Waals surface area contributed by atoms with Gasteiger partial charge in [-0.15, -0.1) is 0 Å². The van der Waals surface area contributed by atoms with E-state index >= 15 is 0 Å². The number of carbonyl (C=O) groups excluding carboxylic acids is 1. The summed E-state index contributed by atoms with van der Waals surface area (Å²) in [5, 5.41) is 18.3. The van der Waals surface area contributed by atoms with Crippen LogP contribution < -0.4 is 5.32 Å². The van der Waals surface area contributed by atoms with Gasteiger partial charge in [0.1, 0.15) is 11.5 Å². The van der Waals surface area contributed by atoms with E-state index in [4.69, 9.17) is 11.6 Å². The van der Waals surface area contributed by atoms with Crippen LogP contribution in [0.3, 0.4) is 0 Å². The van der Waals surface area contributed by atoms with Crippen LogP contribution in [0.25, 0.3) is 0 Å². The van der Waals surface area contributed by atoms with E-state index in [2.05, 4.69) is 20.3 Å². The number of amides is 1. The van der Waals surface area contributed by atoms with Gasteiger partial charge in [0.05, 0.1) is 28.7 Å². The van der Waals surface area contributed by atoms with Crippen molar-refractivity contribution in [3.63, 3.8) is 0 Å². The zero-order valence-electron chi connectivity index (χ0n) is 23.3. The van der Waals surface area contributed by atoms with Crippen molar-refractivity contribution in [2.45, 2.75) is 62.3 Å². The Morgan fingerprint density at radius 3 is 2.55 bits per heavy atom. The highest BCUT2D eigenvalue weighted by Gasteiger charge is 2.54. The van der Waals surface area contributed by atoms with E-state index in [1.54, 1.807) is 17.9 Å². The van der Waals surface area contributed by atoms with Gasteiger partial charge in [-0.1, -0.05) is 11.6 Å². The summed E-state index contributed by atoms with van der Waals surface area (Å²) in [7, 11) is 3.65. The number of aryl methyl sites for hydroxylation is 1. The quantitative estimate of drug-likeness (QED) is 0.361. The molecule has 1 aromatic carbocycles. The Kier molecular flexibility index (Phi) is 7.38. The van der Waals surface area contributed by atoms with Crippen molar-refractivity contribution in [1.82, 2.24) is 24.2 Å². The van der Waals surface area contributed by atoms with Gasteiger partial charge in [0.2, 0.25) is 0 Å². The molecule has 3 atom stereocenters. The van der Waals surface area contributed by atoms with E-state index in [0.29, 0.717) is 36.5 Å². The number of likely N-dealkylation sites (tertiary alicyclic amines) is 1. The first-order valence-corrected chi connectivity index (χ1v) is 14.6. The second-order valence-corrected chi connectivity index (χ2v) is 12.6. The lowest BCUT2D eigenvalue weighted by Gasteiger charge is -2.30. The molecule has 2 saturated carbocycles. The Hall–Kier alpha value is -2.96. The number of rotatable bonds is 5. The maximum atomic E-state index is 14.2. The van der Waals surface area contributed by atoms with Crippen LogP contribution in [-0.2, 0) is 18.8 Å². The fraction of sp³-hybridized carbons (Fsp3) is 0.552. The number of halogens is 5. The van der Waals surface area contributed by atoms with Crippen molar-refractivity contribution >= 4 is 23.2 Å². The molecule has 1 aliphatic heterocycles. The highest BCUT2D eigenvalue weighted by Crippen LogP contribution is 2.58. The lowest BCUT2D eigenvalue weighted by molar-refractivity contribution is -0.144. The number of imidazole rings is 1. The molecule has 0 radical (unpaired) electrons. The molecule has 3 aromatic rings. The summed E-state index contributed by atoms with van der Waals surface area (Å²) in [5.74, 6) is -1.16. The van der Waals surface area contributed by atoms with Gasteiger partial charge in [-0.05, 0) is 82.2 Å². The smallest absolute Gasteiger partial charge is 0.385 e. The first-order chi connectivity index (χ1) is 19.8. The third kappa shape index (κ3) is 5.33. The summed E-state index contributed by atoms with van der Waals surface area (Å²) in [6.07, 6.45) is 1.48. The summed E-state index contributed by atoms with van der Waals surface area (Å²) in [4.78, 5) is 19.8. The van der Waals surface area contributed by atoms with E-state index in [1.165, 1.54) is 29.1 Å². The zero-order chi connectivity index (χ0) is 30.0. The molecule has 13 heteroatoms. The molecular weight excluding hydrogens is 576 g/mol. The molecule has 2 aliphatic carbocycles. The molecule has 3 heterocycles. The number of likely N-dealkylation sites (N-methyl/N-ethyl adjacent to an activating group) is 1. The number of hydrogen-bond donors (Lipinski definition) is 2. The van der Waals surface area contributed by atoms with Crippen LogP contribution in [0.4, 0.5) is 23.2 Å². The molecule has 8 nitrogen and oxygen atoms in total. The summed E-state index contributed by atoms with van der Waals surface area (Å²) >= 11 is 5.86. The molecule has 2 aromatic heterocycles. The largest absolute Gasteiger partial charge is 0.435 e. The number of piperidine rings is 1. The molecule has 3 aliphatic rings. The first kappa shape index (κ1) is 29.1. The second kappa shape index (κ2) is 10.6. The summed E-state index contributed by atoms with van der Waals surface area (Å²) < 4.78 is 59.0. The molecular formula is C29H33ClF4N6O2. The summed E-state index contributed by atoms with van der Waals surface area (Å²) in [5.41, 5.74) is -1.46. The predicted molar refractivity (Wildman–Crippen MR) is 148 cm³/mol. The van der Waals surface area contributed by atoms with Gasteiger partial charge in [0, 0.05) is 37.0 Å². The first-order valence-electron chi connectivity index (χ1n) is 14.2. The summed E-state index contributed by atoms with van der Waals surface area (Å²) in [6.45, 7) is 1.50. The number of alkyl halides is 3. The van der Waals surface area contributed by atoms with Gasteiger partial charge in [-0.3, -0.25) is 9.48 Å². The number of aliphatic hydroxyl groups is 1. The second-order valence-electron chi connectivity index (χ2n) is 12.2. The monoisotopic (exact) mass is 608 g/mol. The van der Waals surface area contributed by atoms with E-state index in [0.717, 1.165) is 19.4 Å². The van der Waals surface area contributed by atoms with E-state index < -0.39 is 29.2 Å². The average molecular weight is 609 g/mol. The van der Waals surface area contributed by atoms with E-state index in [1.807, 2.05) is 7.05 Å². The van der Waals surface area contributed by atoms with Gasteiger partial charge >= 0.3 is 6.18 Å². The van der Waals surface area contributed by atoms with E-state index in [-0.39, 0.29) is 47.2 Å². The van der Waals surface area contributed by atoms with Crippen LogP contribution in [0.15, 0.2) is 30.7 Å². The SMILES string of the molecule is CN1CCCC(n2cc(C3(O)CC4CC(c5ncn(C)c5C(=O)Nc5ccc(F)c(Cl)c5)CC4C3)c(C(F)(F)F)n2)C1. The van der Waals surface area contributed by atoms with Crippen LogP contribution in [-0.4, -0.2) is 55.4 Å². The topological polar surface area (TPSA) is 88.2 Å². The number of anilines is 1. The zero-order valence-corrected chi connectivity index (χ0v) is 24.1. The Morgan fingerprint density at radius 2 is 1.90 bits per heavy atom. The van der Waals surface area contributed by atoms with Crippen LogP contribution >= 0.6 is 11.6 Å². The highest BCUT2D eigenvalue weighted by molar-refractivity contribution is 6.31. The van der Waals surface area contributed by atoms with Crippen LogP contribution in [0.5, 0.6) is 0 Å². The molecule has 42 heavy (non-hydrogen) atoms. The van der Waals surface area contributed by atoms with Crippen LogP contribution in [0.2, 0.25) is 5.02 Å². The molecule has 6 rings (SSSR count). The average Bonchev–Trinajstić information content (AvgIpc) is 3.67. The van der Waals surface area contributed by atoms with Crippen molar-refractivity contribution in [3.8, 4) is 0 Å². The number of nitrogens with zero attached hydrogens (tertiary/aromatic N) is 5. The Bertz CT molecular complexity index is 1490. The number of fused-ring (bicyclic) bond motifs is 1. The molecule has 0 bridgehead atoms. The molecule has 3 unspecified atom stereocenters. The van der Waals surface area contributed by atoms with E-state index in [9.17, 15) is 27.5 Å². The van der Waals surface area contributed by atoms with Crippen molar-refractivity contribution in [1.29, 1.82) is 0 Å². The Balaban J connectivity index is 1.20.